The smallest absolute Gasteiger partial charge is 0.235 e. The largest absolute Gasteiger partial charge is 0.455 e. The summed E-state index contributed by atoms with van der Waals surface area (Å²) in [5.41, 5.74) is 8.84. The number of hydrogen-bond donors (Lipinski definition) is 0. The van der Waals surface area contributed by atoms with Crippen LogP contribution in [-0.2, 0) is 0 Å². The van der Waals surface area contributed by atoms with Crippen LogP contribution in [0.25, 0.3) is 105 Å². The van der Waals surface area contributed by atoms with Crippen molar-refractivity contribution in [2.45, 2.75) is 13.8 Å². The van der Waals surface area contributed by atoms with Crippen LogP contribution in [0.15, 0.2) is 168 Å². The molecule has 0 radical (unpaired) electrons. The van der Waals surface area contributed by atoms with Gasteiger partial charge in [0.2, 0.25) is 5.95 Å². The van der Waals surface area contributed by atoms with Crippen LogP contribution in [0, 0.1) is 0 Å². The Morgan fingerprint density at radius 1 is 0.462 bits per heavy atom. The van der Waals surface area contributed by atoms with Gasteiger partial charge in [-0.2, -0.15) is 0 Å². The van der Waals surface area contributed by atoms with Gasteiger partial charge >= 0.3 is 0 Å². The summed E-state index contributed by atoms with van der Waals surface area (Å²) in [6, 6.07) is 57.7. The van der Waals surface area contributed by atoms with Crippen molar-refractivity contribution >= 4 is 76.2 Å². The van der Waals surface area contributed by atoms with Gasteiger partial charge in [0.1, 0.15) is 11.2 Å². The second-order valence-corrected chi connectivity index (χ2v) is 12.9. The van der Waals surface area contributed by atoms with E-state index in [2.05, 4.69) is 150 Å². The van der Waals surface area contributed by atoms with E-state index in [1.165, 1.54) is 16.2 Å². The molecular weight excluding hydrogens is 635 g/mol. The van der Waals surface area contributed by atoms with Gasteiger partial charge in [-0.3, -0.25) is 4.57 Å². The highest BCUT2D eigenvalue weighted by Crippen LogP contribution is 2.44. The van der Waals surface area contributed by atoms with E-state index in [9.17, 15) is 0 Å². The minimum atomic E-state index is 0.632. The van der Waals surface area contributed by atoms with Crippen LogP contribution in [0.2, 0.25) is 0 Å². The van der Waals surface area contributed by atoms with E-state index < -0.39 is 0 Å². The molecule has 11 rings (SSSR count). The zero-order valence-corrected chi connectivity index (χ0v) is 28.8. The first-order valence-corrected chi connectivity index (χ1v) is 17.9. The molecule has 4 heteroatoms. The molecule has 0 saturated carbocycles. The van der Waals surface area contributed by atoms with Gasteiger partial charge in [-0.05, 0) is 34.4 Å². The Labute approximate surface area is 300 Å². The summed E-state index contributed by atoms with van der Waals surface area (Å²) in [4.78, 5) is 10.9. The van der Waals surface area contributed by atoms with Crippen molar-refractivity contribution in [3.8, 4) is 28.3 Å². The topological polar surface area (TPSA) is 43.9 Å². The lowest BCUT2D eigenvalue weighted by Gasteiger charge is -2.15. The van der Waals surface area contributed by atoms with Crippen LogP contribution in [0.3, 0.4) is 0 Å². The summed E-state index contributed by atoms with van der Waals surface area (Å²) in [6.07, 6.45) is 0. The second kappa shape index (κ2) is 11.9. The van der Waals surface area contributed by atoms with Gasteiger partial charge < -0.3 is 4.42 Å². The zero-order valence-electron chi connectivity index (χ0n) is 28.8. The number of rotatable bonds is 3. The van der Waals surface area contributed by atoms with Gasteiger partial charge in [0.15, 0.2) is 0 Å². The normalized spacial score (nSPS) is 11.7. The summed E-state index contributed by atoms with van der Waals surface area (Å²) in [7, 11) is 0. The van der Waals surface area contributed by atoms with Gasteiger partial charge in [-0.1, -0.05) is 159 Å². The first-order valence-electron chi connectivity index (χ1n) is 17.9. The lowest BCUT2D eigenvalue weighted by Crippen LogP contribution is -2.04. The molecule has 246 valence electrons. The maximum Gasteiger partial charge on any atom is 0.235 e. The SMILES string of the molecule is CC.c1ccc(-c2nc(-n3c4ccc5ccccc5c4c4cccc(-c5cccc6c5oc5ccccc56)c43)nc3c2ccc2ccccc23)cc1. The van der Waals surface area contributed by atoms with Crippen LogP contribution >= 0.6 is 0 Å². The Kier molecular flexibility index (Phi) is 6.90. The molecule has 52 heavy (non-hydrogen) atoms. The monoisotopic (exact) mass is 667 g/mol. The number of para-hydroxylation sites is 3. The van der Waals surface area contributed by atoms with Crippen LogP contribution in [0.1, 0.15) is 13.8 Å². The van der Waals surface area contributed by atoms with Crippen molar-refractivity contribution in [3.63, 3.8) is 0 Å². The van der Waals surface area contributed by atoms with Crippen LogP contribution in [0.4, 0.5) is 0 Å². The van der Waals surface area contributed by atoms with Crippen LogP contribution in [-0.4, -0.2) is 14.5 Å². The Balaban J connectivity index is 0.00000166. The third kappa shape index (κ3) is 4.41. The Hall–Kier alpha value is -6.78. The van der Waals surface area contributed by atoms with E-state index >= 15 is 0 Å². The summed E-state index contributed by atoms with van der Waals surface area (Å²) < 4.78 is 8.90. The predicted molar refractivity (Wildman–Crippen MR) is 218 cm³/mol. The molecule has 0 atom stereocenters. The van der Waals surface area contributed by atoms with E-state index in [0.29, 0.717) is 5.95 Å². The number of fused-ring (bicyclic) bond motifs is 11. The third-order valence-electron chi connectivity index (χ3n) is 10.2. The summed E-state index contributed by atoms with van der Waals surface area (Å²) in [5, 5.41) is 10.2. The Bertz CT molecular complexity index is 3150. The highest BCUT2D eigenvalue weighted by molar-refractivity contribution is 6.24. The van der Waals surface area contributed by atoms with Gasteiger partial charge in [0, 0.05) is 49.0 Å². The van der Waals surface area contributed by atoms with Crippen molar-refractivity contribution in [2.75, 3.05) is 0 Å². The molecule has 0 fully saturated rings. The molecule has 0 unspecified atom stereocenters. The van der Waals surface area contributed by atoms with E-state index in [4.69, 9.17) is 14.4 Å². The first-order chi connectivity index (χ1) is 25.8. The summed E-state index contributed by atoms with van der Waals surface area (Å²) in [5.74, 6) is 0.632. The van der Waals surface area contributed by atoms with Gasteiger partial charge in [0.05, 0.1) is 22.2 Å². The average molecular weight is 668 g/mol. The summed E-state index contributed by atoms with van der Waals surface area (Å²) in [6.45, 7) is 4.00. The fourth-order valence-corrected chi connectivity index (χ4v) is 7.99. The number of furan rings is 1. The molecule has 0 saturated heterocycles. The quantitative estimate of drug-likeness (QED) is 0.176. The van der Waals surface area contributed by atoms with Crippen LogP contribution < -0.4 is 0 Å². The highest BCUT2D eigenvalue weighted by atomic mass is 16.3. The maximum atomic E-state index is 6.62. The van der Waals surface area contributed by atoms with Crippen molar-refractivity contribution in [3.05, 3.63) is 164 Å². The lowest BCUT2D eigenvalue weighted by atomic mass is 9.98. The molecule has 0 bridgehead atoms. The molecular formula is C48H33N3O. The molecule has 4 nitrogen and oxygen atoms in total. The molecule has 0 aliphatic rings. The molecule has 8 aromatic carbocycles. The Morgan fingerprint density at radius 2 is 1.10 bits per heavy atom. The number of hydrogen-bond acceptors (Lipinski definition) is 3. The van der Waals surface area contributed by atoms with Crippen molar-refractivity contribution in [1.82, 2.24) is 14.5 Å². The number of benzene rings is 8. The standard InChI is InChI=1S/C46H27N3O.C2H6/c1-2-14-30(15-3-1)42-38-26-24-29-13-5-7-17-32(29)43(38)48-46(47-42)49-39-27-25-28-12-4-6-16-31(28)41(39)37-22-10-19-34(44(37)49)36-21-11-20-35-33-18-8-9-23-40(33)50-45(35)36;1-2/h1-27H;1-2H3. The van der Waals surface area contributed by atoms with Gasteiger partial charge in [-0.25, -0.2) is 9.97 Å². The van der Waals surface area contributed by atoms with Crippen LogP contribution in [0.5, 0.6) is 0 Å². The Morgan fingerprint density at radius 3 is 1.92 bits per heavy atom. The van der Waals surface area contributed by atoms with Gasteiger partial charge in [0.25, 0.3) is 0 Å². The zero-order chi connectivity index (χ0) is 34.8. The predicted octanol–water partition coefficient (Wildman–Crippen LogP) is 13.3. The molecule has 0 amide bonds. The molecule has 11 aromatic rings. The average Bonchev–Trinajstić information content (AvgIpc) is 3.78. The van der Waals surface area contributed by atoms with E-state index in [1.807, 2.05) is 32.0 Å². The van der Waals surface area contributed by atoms with E-state index in [1.54, 1.807) is 0 Å². The first kappa shape index (κ1) is 30.1. The number of aromatic nitrogens is 3. The molecule has 3 heterocycles. The van der Waals surface area contributed by atoms with Gasteiger partial charge in [-0.15, -0.1) is 0 Å². The molecule has 0 aliphatic heterocycles. The van der Waals surface area contributed by atoms with Crippen molar-refractivity contribution in [1.29, 1.82) is 0 Å². The molecule has 0 aliphatic carbocycles. The minimum Gasteiger partial charge on any atom is -0.455 e. The second-order valence-electron chi connectivity index (χ2n) is 12.9. The highest BCUT2D eigenvalue weighted by Gasteiger charge is 2.23. The fraction of sp³-hybridized carbons (Fsp3) is 0.0417. The maximum absolute atomic E-state index is 6.62. The molecule has 3 aromatic heterocycles. The molecule has 0 N–H and O–H groups in total. The van der Waals surface area contributed by atoms with E-state index in [0.717, 1.165) is 82.4 Å². The van der Waals surface area contributed by atoms with E-state index in [-0.39, 0.29) is 0 Å². The minimum absolute atomic E-state index is 0.632. The lowest BCUT2D eigenvalue weighted by molar-refractivity contribution is 0.670. The van der Waals surface area contributed by atoms with Crippen molar-refractivity contribution in [2.24, 2.45) is 0 Å². The third-order valence-corrected chi connectivity index (χ3v) is 10.2. The molecule has 0 spiro atoms. The number of nitrogens with zero attached hydrogens (tertiary/aromatic N) is 3. The summed E-state index contributed by atoms with van der Waals surface area (Å²) >= 11 is 0. The van der Waals surface area contributed by atoms with Crippen molar-refractivity contribution < 1.29 is 4.42 Å². The fourth-order valence-electron chi connectivity index (χ4n) is 7.99.